The van der Waals surface area contributed by atoms with E-state index in [1.54, 1.807) is 0 Å². The van der Waals surface area contributed by atoms with Gasteiger partial charge in [-0.1, -0.05) is 135 Å². The molecule has 8 aromatic carbocycles. The van der Waals surface area contributed by atoms with Crippen LogP contribution in [0.3, 0.4) is 0 Å². The van der Waals surface area contributed by atoms with Crippen LogP contribution >= 0.6 is 0 Å². The number of benzene rings is 8. The van der Waals surface area contributed by atoms with Crippen molar-refractivity contribution in [1.29, 1.82) is 0 Å². The average molecular weight is 598 g/mol. The first-order valence-electron chi connectivity index (χ1n) is 16.5. The van der Waals surface area contributed by atoms with Gasteiger partial charge in [0.1, 0.15) is 0 Å². The van der Waals surface area contributed by atoms with Gasteiger partial charge in [0, 0.05) is 16.4 Å². The van der Waals surface area contributed by atoms with Crippen molar-refractivity contribution in [3.05, 3.63) is 163 Å². The number of hydrogen-bond acceptors (Lipinski definition) is 1. The van der Waals surface area contributed by atoms with E-state index in [0.29, 0.717) is 0 Å². The van der Waals surface area contributed by atoms with Crippen molar-refractivity contribution in [2.45, 2.75) is 19.3 Å². The highest BCUT2D eigenvalue weighted by Crippen LogP contribution is 2.51. The monoisotopic (exact) mass is 597 g/mol. The van der Waals surface area contributed by atoms with E-state index in [-0.39, 0.29) is 5.41 Å². The molecule has 0 bridgehead atoms. The Balaban J connectivity index is 1.21. The lowest BCUT2D eigenvalue weighted by Crippen LogP contribution is -2.14. The molecular weight excluding hydrogens is 567 g/mol. The highest BCUT2D eigenvalue weighted by Gasteiger charge is 2.35. The van der Waals surface area contributed by atoms with Crippen molar-refractivity contribution in [2.75, 3.05) is 0 Å². The van der Waals surface area contributed by atoms with E-state index in [1.807, 2.05) is 0 Å². The van der Waals surface area contributed by atoms with Gasteiger partial charge in [0.25, 0.3) is 0 Å². The molecule has 1 nitrogen and oxygen atoms in total. The summed E-state index contributed by atoms with van der Waals surface area (Å²) in [5.41, 5.74) is 11.2. The van der Waals surface area contributed by atoms with Crippen LogP contribution in [-0.2, 0) is 5.41 Å². The SMILES string of the molecule is CC1(C)c2ccccc2-c2cc3c4ccccc4c4cc(-c5ccc(-c6ccc7ccccc7n6)c6ccccc56)ccc4c3cc21. The fourth-order valence-electron chi connectivity index (χ4n) is 8.31. The van der Waals surface area contributed by atoms with Gasteiger partial charge in [-0.05, 0) is 107 Å². The number of fused-ring (bicyclic) bond motifs is 11. The molecule has 0 atom stereocenters. The topological polar surface area (TPSA) is 12.9 Å². The molecule has 0 aliphatic heterocycles. The second kappa shape index (κ2) is 9.61. The number of para-hydroxylation sites is 1. The number of pyridine rings is 1. The zero-order chi connectivity index (χ0) is 31.3. The first kappa shape index (κ1) is 26.4. The van der Waals surface area contributed by atoms with E-state index in [9.17, 15) is 0 Å². The van der Waals surface area contributed by atoms with Crippen molar-refractivity contribution in [3.63, 3.8) is 0 Å². The molecule has 0 N–H and O–H groups in total. The molecule has 47 heavy (non-hydrogen) atoms. The van der Waals surface area contributed by atoms with E-state index in [2.05, 4.69) is 166 Å². The number of hydrogen-bond donors (Lipinski definition) is 0. The lowest BCUT2D eigenvalue weighted by atomic mass is 9.81. The van der Waals surface area contributed by atoms with Crippen molar-refractivity contribution < 1.29 is 0 Å². The second-order valence-electron chi connectivity index (χ2n) is 13.5. The van der Waals surface area contributed by atoms with Gasteiger partial charge >= 0.3 is 0 Å². The zero-order valence-electron chi connectivity index (χ0n) is 26.4. The Labute approximate surface area is 273 Å². The summed E-state index contributed by atoms with van der Waals surface area (Å²) in [6.45, 7) is 4.74. The summed E-state index contributed by atoms with van der Waals surface area (Å²) in [6.07, 6.45) is 0. The number of rotatable bonds is 2. The Hall–Kier alpha value is -5.79. The lowest BCUT2D eigenvalue weighted by molar-refractivity contribution is 0.661. The van der Waals surface area contributed by atoms with Crippen molar-refractivity contribution in [3.8, 4) is 33.5 Å². The molecule has 1 heteroatoms. The van der Waals surface area contributed by atoms with Gasteiger partial charge in [-0.2, -0.15) is 0 Å². The number of nitrogens with zero attached hydrogens (tertiary/aromatic N) is 1. The maximum Gasteiger partial charge on any atom is 0.0715 e. The first-order valence-corrected chi connectivity index (χ1v) is 16.5. The van der Waals surface area contributed by atoms with Crippen molar-refractivity contribution in [2.24, 2.45) is 0 Å². The molecule has 1 aliphatic rings. The van der Waals surface area contributed by atoms with Crippen LogP contribution in [0.4, 0.5) is 0 Å². The minimum Gasteiger partial charge on any atom is -0.248 e. The van der Waals surface area contributed by atoms with Crippen LogP contribution in [0.2, 0.25) is 0 Å². The Bertz CT molecular complexity index is 2770. The van der Waals surface area contributed by atoms with Gasteiger partial charge in [0.05, 0.1) is 11.2 Å². The largest absolute Gasteiger partial charge is 0.248 e. The molecule has 10 rings (SSSR count). The van der Waals surface area contributed by atoms with Crippen LogP contribution in [0.1, 0.15) is 25.0 Å². The molecule has 0 radical (unpaired) electrons. The molecule has 0 saturated heterocycles. The minimum absolute atomic E-state index is 0.0431. The van der Waals surface area contributed by atoms with Crippen LogP contribution in [0.25, 0.3) is 87.5 Å². The van der Waals surface area contributed by atoms with Crippen molar-refractivity contribution >= 4 is 54.0 Å². The Kier molecular flexibility index (Phi) is 5.40. The maximum absolute atomic E-state index is 5.05. The van der Waals surface area contributed by atoms with E-state index in [1.165, 1.54) is 76.5 Å². The van der Waals surface area contributed by atoms with E-state index in [0.717, 1.165) is 22.2 Å². The van der Waals surface area contributed by atoms with Crippen LogP contribution in [0, 0.1) is 0 Å². The third kappa shape index (κ3) is 3.74. The third-order valence-electron chi connectivity index (χ3n) is 10.6. The fourth-order valence-corrected chi connectivity index (χ4v) is 8.31. The molecule has 1 aliphatic carbocycles. The number of aromatic nitrogens is 1. The van der Waals surface area contributed by atoms with Gasteiger partial charge < -0.3 is 0 Å². The average Bonchev–Trinajstić information content (AvgIpc) is 3.35. The summed E-state index contributed by atoms with van der Waals surface area (Å²) in [4.78, 5) is 5.05. The van der Waals surface area contributed by atoms with Crippen LogP contribution in [0.15, 0.2) is 152 Å². The molecule has 0 unspecified atom stereocenters. The fraction of sp³-hybridized carbons (Fsp3) is 0.0652. The Morgan fingerprint density at radius 1 is 0.383 bits per heavy atom. The molecule has 0 amide bonds. The molecule has 0 spiro atoms. The lowest BCUT2D eigenvalue weighted by Gasteiger charge is -2.22. The van der Waals surface area contributed by atoms with Gasteiger partial charge in [-0.3, -0.25) is 0 Å². The molecular formula is C46H31N. The zero-order valence-corrected chi connectivity index (χ0v) is 26.4. The van der Waals surface area contributed by atoms with Gasteiger partial charge in [-0.15, -0.1) is 0 Å². The maximum atomic E-state index is 5.05. The highest BCUT2D eigenvalue weighted by atomic mass is 14.7. The van der Waals surface area contributed by atoms with Gasteiger partial charge in [0.15, 0.2) is 0 Å². The van der Waals surface area contributed by atoms with Crippen LogP contribution in [0.5, 0.6) is 0 Å². The standard InChI is InChI=1S/C46H31N/c1-46(2)42-17-9-8-16-36(42)41-26-39-34-15-7-6-14-33(34)38-25-29(19-21-35(38)40(39)27-43(41)46)30-22-23-37(32-13-5-4-12-31(30)32)45-24-20-28-11-3-10-18-44(28)47-45/h3-27H,1-2H3. The summed E-state index contributed by atoms with van der Waals surface area (Å²) in [7, 11) is 0. The Morgan fingerprint density at radius 2 is 1.00 bits per heavy atom. The summed E-state index contributed by atoms with van der Waals surface area (Å²) < 4.78 is 0. The summed E-state index contributed by atoms with van der Waals surface area (Å²) in [5.74, 6) is 0. The molecule has 1 aromatic heterocycles. The van der Waals surface area contributed by atoms with E-state index in [4.69, 9.17) is 4.98 Å². The van der Waals surface area contributed by atoms with Gasteiger partial charge in [0.2, 0.25) is 0 Å². The molecule has 220 valence electrons. The molecule has 1 heterocycles. The predicted molar refractivity (Wildman–Crippen MR) is 200 cm³/mol. The predicted octanol–water partition coefficient (Wildman–Crippen LogP) is 12.5. The smallest absolute Gasteiger partial charge is 0.0715 e. The second-order valence-corrected chi connectivity index (χ2v) is 13.5. The first-order chi connectivity index (χ1) is 23.1. The molecule has 0 fully saturated rings. The van der Waals surface area contributed by atoms with Gasteiger partial charge in [-0.25, -0.2) is 4.98 Å². The van der Waals surface area contributed by atoms with E-state index < -0.39 is 0 Å². The summed E-state index contributed by atoms with van der Waals surface area (Å²) in [5, 5.41) is 11.5. The summed E-state index contributed by atoms with van der Waals surface area (Å²) in [6, 6.07) is 55.8. The quantitative estimate of drug-likeness (QED) is 0.181. The normalized spacial score (nSPS) is 13.5. The minimum atomic E-state index is -0.0431. The summed E-state index contributed by atoms with van der Waals surface area (Å²) >= 11 is 0. The van der Waals surface area contributed by atoms with E-state index >= 15 is 0 Å². The third-order valence-corrected chi connectivity index (χ3v) is 10.6. The molecule has 9 aromatic rings. The molecule has 0 saturated carbocycles. The highest BCUT2D eigenvalue weighted by molar-refractivity contribution is 6.27. The van der Waals surface area contributed by atoms with Crippen LogP contribution < -0.4 is 0 Å². The van der Waals surface area contributed by atoms with Crippen molar-refractivity contribution in [1.82, 2.24) is 4.98 Å². The Morgan fingerprint density at radius 3 is 1.83 bits per heavy atom. The van der Waals surface area contributed by atoms with Crippen LogP contribution in [-0.4, -0.2) is 4.98 Å².